The fourth-order valence-electron chi connectivity index (χ4n) is 3.62. The summed E-state index contributed by atoms with van der Waals surface area (Å²) < 4.78 is 22.3. The summed E-state index contributed by atoms with van der Waals surface area (Å²) in [6.45, 7) is 9.04. The van der Waals surface area contributed by atoms with Gasteiger partial charge < -0.3 is 24.1 Å². The van der Waals surface area contributed by atoms with Gasteiger partial charge in [-0.1, -0.05) is 6.58 Å². The number of methoxy groups -OCH3 is 2. The Bertz CT molecular complexity index is 813. The second kappa shape index (κ2) is 6.69. The summed E-state index contributed by atoms with van der Waals surface area (Å²) in [7, 11) is 3.06. The number of carbonyl (C=O) groups excluding carboxylic acids is 1. The van der Waals surface area contributed by atoms with E-state index in [2.05, 4.69) is 12.3 Å². The van der Waals surface area contributed by atoms with Crippen LogP contribution in [0.15, 0.2) is 36.1 Å². The molecule has 0 unspecified atom stereocenters. The Balaban J connectivity index is 2.07. The third-order valence-corrected chi connectivity index (χ3v) is 5.12. The number of hydrogen-bond donors (Lipinski definition) is 1. The zero-order valence-corrected chi connectivity index (χ0v) is 16.2. The molecule has 2 fully saturated rings. The number of amides is 1. The fraction of sp³-hybridized carbons (Fsp3) is 0.500. The topological polar surface area (TPSA) is 77.5 Å². The smallest absolute Gasteiger partial charge is 0.266 e. The summed E-state index contributed by atoms with van der Waals surface area (Å²) in [5.74, 6) is -0.240. The molecule has 0 saturated carbocycles. The Morgan fingerprint density at radius 3 is 2.59 bits per heavy atom. The van der Waals surface area contributed by atoms with Gasteiger partial charge in [0.2, 0.25) is 0 Å². The lowest BCUT2D eigenvalue weighted by Crippen LogP contribution is -2.78. The van der Waals surface area contributed by atoms with Crippen molar-refractivity contribution in [2.45, 2.75) is 44.3 Å². The predicted octanol–water partition coefficient (Wildman–Crippen LogP) is 2.03. The Kier molecular flexibility index (Phi) is 4.82. The van der Waals surface area contributed by atoms with E-state index < -0.39 is 29.4 Å². The molecule has 146 valence electrons. The first-order valence-electron chi connectivity index (χ1n) is 8.66. The van der Waals surface area contributed by atoms with Crippen LogP contribution in [0.3, 0.4) is 0 Å². The molecule has 2 aliphatic heterocycles. The number of ether oxygens (including phenoxy) is 4. The standard InChI is InChI=1S/C20H25NO6/c1-7-12(2)20(23)17(16-11-26-19(3,4)27-16)21(18(20)22)14-9-8-13(24-5)10-15(14)25-6/h8-10,16-17,23H,1,11H2,2-6H3/t16-,17+,20-/m1/s1. The van der Waals surface area contributed by atoms with Gasteiger partial charge >= 0.3 is 0 Å². The van der Waals surface area contributed by atoms with Gasteiger partial charge in [0, 0.05) is 11.6 Å². The van der Waals surface area contributed by atoms with E-state index in [1.165, 1.54) is 12.0 Å². The van der Waals surface area contributed by atoms with Crippen molar-refractivity contribution in [2.24, 2.45) is 0 Å². The van der Waals surface area contributed by atoms with Crippen molar-refractivity contribution >= 4 is 11.6 Å². The van der Waals surface area contributed by atoms with Crippen LogP contribution in [0.1, 0.15) is 20.8 Å². The van der Waals surface area contributed by atoms with Crippen molar-refractivity contribution in [3.8, 4) is 11.5 Å². The lowest BCUT2D eigenvalue weighted by atomic mass is 9.74. The normalized spacial score (nSPS) is 29.1. The zero-order valence-electron chi connectivity index (χ0n) is 16.2. The molecule has 7 nitrogen and oxygen atoms in total. The van der Waals surface area contributed by atoms with E-state index in [0.717, 1.165) is 0 Å². The molecule has 0 aromatic heterocycles. The SMILES string of the molecule is C=C=C(C)[C@]1(O)C(=O)N(c2ccc(OC)cc2OC)[C@H]1[C@H]1COC(C)(C)O1. The fourth-order valence-corrected chi connectivity index (χ4v) is 3.62. The number of rotatable bonds is 5. The molecule has 2 heterocycles. The minimum atomic E-state index is -1.76. The molecule has 1 amide bonds. The van der Waals surface area contributed by atoms with Crippen LogP contribution in [0.4, 0.5) is 5.69 Å². The van der Waals surface area contributed by atoms with E-state index >= 15 is 0 Å². The van der Waals surface area contributed by atoms with E-state index in [4.69, 9.17) is 18.9 Å². The maximum Gasteiger partial charge on any atom is 0.266 e. The van der Waals surface area contributed by atoms with Crippen molar-refractivity contribution in [3.05, 3.63) is 36.1 Å². The number of β-lactam (4-membered cyclic amide) rings is 1. The molecule has 1 N–H and O–H groups in total. The molecule has 0 radical (unpaired) electrons. The first kappa shape index (κ1) is 19.5. The predicted molar refractivity (Wildman–Crippen MR) is 99.0 cm³/mol. The maximum atomic E-state index is 13.0. The summed E-state index contributed by atoms with van der Waals surface area (Å²) in [5, 5.41) is 11.2. The molecule has 1 aromatic rings. The van der Waals surface area contributed by atoms with Crippen molar-refractivity contribution in [3.63, 3.8) is 0 Å². The minimum Gasteiger partial charge on any atom is -0.497 e. The van der Waals surface area contributed by atoms with Gasteiger partial charge in [-0.05, 0) is 32.9 Å². The lowest BCUT2D eigenvalue weighted by Gasteiger charge is -2.54. The summed E-state index contributed by atoms with van der Waals surface area (Å²) in [6.07, 6.45) is -0.530. The zero-order chi connectivity index (χ0) is 20.0. The minimum absolute atomic E-state index is 0.243. The summed E-state index contributed by atoms with van der Waals surface area (Å²) in [5.41, 5.74) is 1.75. The first-order valence-corrected chi connectivity index (χ1v) is 8.66. The molecule has 1 aromatic carbocycles. The van der Waals surface area contributed by atoms with Crippen LogP contribution >= 0.6 is 0 Å². The molecule has 3 atom stereocenters. The molecule has 3 rings (SSSR count). The van der Waals surface area contributed by atoms with E-state index in [9.17, 15) is 9.90 Å². The van der Waals surface area contributed by atoms with Gasteiger partial charge in [-0.25, -0.2) is 0 Å². The number of carbonyl (C=O) groups is 1. The van der Waals surface area contributed by atoms with Crippen LogP contribution < -0.4 is 14.4 Å². The van der Waals surface area contributed by atoms with E-state index in [1.54, 1.807) is 46.1 Å². The monoisotopic (exact) mass is 375 g/mol. The van der Waals surface area contributed by atoms with Crippen LogP contribution in [0.5, 0.6) is 11.5 Å². The van der Waals surface area contributed by atoms with E-state index in [-0.39, 0.29) is 6.61 Å². The van der Waals surface area contributed by atoms with Crippen molar-refractivity contribution in [1.29, 1.82) is 0 Å². The van der Waals surface area contributed by atoms with Crippen LogP contribution in [0, 0.1) is 0 Å². The highest BCUT2D eigenvalue weighted by Crippen LogP contribution is 2.47. The quantitative estimate of drug-likeness (QED) is 0.627. The number of anilines is 1. The van der Waals surface area contributed by atoms with E-state index in [1.807, 2.05) is 0 Å². The van der Waals surface area contributed by atoms with Gasteiger partial charge in [0.15, 0.2) is 11.4 Å². The molecular weight excluding hydrogens is 350 g/mol. The van der Waals surface area contributed by atoms with E-state index in [0.29, 0.717) is 22.8 Å². The second-order valence-corrected chi connectivity index (χ2v) is 7.09. The number of hydrogen-bond acceptors (Lipinski definition) is 6. The lowest BCUT2D eigenvalue weighted by molar-refractivity contribution is -0.168. The molecule has 27 heavy (non-hydrogen) atoms. The third kappa shape index (κ3) is 2.93. The molecule has 0 bridgehead atoms. The van der Waals surface area contributed by atoms with Crippen molar-refractivity contribution in [2.75, 3.05) is 25.7 Å². The molecule has 7 heteroatoms. The largest absolute Gasteiger partial charge is 0.497 e. The van der Waals surface area contributed by atoms with Gasteiger partial charge in [0.1, 0.15) is 23.6 Å². The molecular formula is C20H25NO6. The van der Waals surface area contributed by atoms with Crippen LogP contribution in [-0.4, -0.2) is 55.4 Å². The number of aliphatic hydroxyl groups is 1. The second-order valence-electron chi connectivity index (χ2n) is 7.09. The summed E-state index contributed by atoms with van der Waals surface area (Å²) in [4.78, 5) is 14.5. The van der Waals surface area contributed by atoms with Crippen molar-refractivity contribution in [1.82, 2.24) is 0 Å². The Morgan fingerprint density at radius 1 is 1.37 bits per heavy atom. The average Bonchev–Trinajstić information content (AvgIpc) is 3.02. The van der Waals surface area contributed by atoms with Gasteiger partial charge in [-0.3, -0.25) is 9.69 Å². The first-order chi connectivity index (χ1) is 12.7. The Labute approximate surface area is 158 Å². The van der Waals surface area contributed by atoms with Crippen LogP contribution in [0.2, 0.25) is 0 Å². The van der Waals surface area contributed by atoms with Gasteiger partial charge in [0.25, 0.3) is 5.91 Å². The highest BCUT2D eigenvalue weighted by molar-refractivity contribution is 6.11. The van der Waals surface area contributed by atoms with Gasteiger partial charge in [-0.2, -0.15) is 0 Å². The Hall–Kier alpha value is -2.31. The number of benzene rings is 1. The molecule has 2 saturated heterocycles. The van der Waals surface area contributed by atoms with Crippen LogP contribution in [0.25, 0.3) is 0 Å². The average molecular weight is 375 g/mol. The highest BCUT2D eigenvalue weighted by atomic mass is 16.7. The molecule has 0 aliphatic carbocycles. The summed E-state index contributed by atoms with van der Waals surface area (Å²) >= 11 is 0. The molecule has 2 aliphatic rings. The number of nitrogens with zero attached hydrogens (tertiary/aromatic N) is 1. The Morgan fingerprint density at radius 2 is 2.07 bits per heavy atom. The summed E-state index contributed by atoms with van der Waals surface area (Å²) in [6, 6.07) is 4.42. The third-order valence-electron chi connectivity index (χ3n) is 5.12. The highest BCUT2D eigenvalue weighted by Gasteiger charge is 2.66. The maximum absolute atomic E-state index is 13.0. The van der Waals surface area contributed by atoms with Gasteiger partial charge in [0.05, 0.1) is 26.5 Å². The van der Waals surface area contributed by atoms with Crippen LogP contribution in [-0.2, 0) is 14.3 Å². The van der Waals surface area contributed by atoms with Gasteiger partial charge in [-0.15, -0.1) is 5.73 Å². The van der Waals surface area contributed by atoms with Crippen molar-refractivity contribution < 1.29 is 28.8 Å². The molecule has 0 spiro atoms.